The smallest absolute Gasteiger partial charge is 0.317 e. The Balaban J connectivity index is 1.42. The molecule has 0 aromatic heterocycles. The minimum Gasteiger partial charge on any atom is -0.334 e. The van der Waals surface area contributed by atoms with Crippen LogP contribution in [0.3, 0.4) is 0 Å². The molecule has 2 aromatic rings. The molecule has 5 heteroatoms. The second-order valence-corrected chi connectivity index (χ2v) is 6.88. The van der Waals surface area contributed by atoms with Crippen LogP contribution in [0.5, 0.6) is 0 Å². The Kier molecular flexibility index (Phi) is 6.60. The molecular formula is C22H27N3O2. The number of hydrogen-bond acceptors (Lipinski definition) is 3. The number of hydrogen-bond donors (Lipinski definition) is 1. The maximum absolute atomic E-state index is 12.5. The van der Waals surface area contributed by atoms with Gasteiger partial charge in [0.1, 0.15) is 0 Å². The lowest BCUT2D eigenvalue weighted by Gasteiger charge is -2.34. The van der Waals surface area contributed by atoms with Gasteiger partial charge in [0.2, 0.25) is 0 Å². The van der Waals surface area contributed by atoms with E-state index in [9.17, 15) is 9.59 Å². The van der Waals surface area contributed by atoms with E-state index in [4.69, 9.17) is 0 Å². The van der Waals surface area contributed by atoms with Crippen molar-refractivity contribution in [2.75, 3.05) is 32.7 Å². The monoisotopic (exact) mass is 365 g/mol. The Bertz CT molecular complexity index is 751. The summed E-state index contributed by atoms with van der Waals surface area (Å²) in [6.45, 7) is 5.77. The maximum Gasteiger partial charge on any atom is 0.317 e. The van der Waals surface area contributed by atoms with Crippen LogP contribution >= 0.6 is 0 Å². The average Bonchev–Trinajstić information content (AvgIpc) is 2.73. The highest BCUT2D eigenvalue weighted by Crippen LogP contribution is 2.09. The molecule has 3 rings (SSSR count). The second-order valence-electron chi connectivity index (χ2n) is 6.88. The van der Waals surface area contributed by atoms with Gasteiger partial charge in [-0.2, -0.15) is 0 Å². The van der Waals surface area contributed by atoms with Crippen molar-refractivity contribution in [3.05, 3.63) is 71.3 Å². The number of aryl methyl sites for hydroxylation is 1. The molecule has 0 atom stereocenters. The fourth-order valence-corrected chi connectivity index (χ4v) is 3.22. The van der Waals surface area contributed by atoms with Crippen LogP contribution in [-0.2, 0) is 13.0 Å². The molecule has 0 unspecified atom stereocenters. The largest absolute Gasteiger partial charge is 0.334 e. The summed E-state index contributed by atoms with van der Waals surface area (Å²) < 4.78 is 0. The van der Waals surface area contributed by atoms with Crippen LogP contribution in [0.2, 0.25) is 0 Å². The number of nitrogens with one attached hydrogen (secondary N) is 1. The molecule has 27 heavy (non-hydrogen) atoms. The Morgan fingerprint density at radius 1 is 0.889 bits per heavy atom. The minimum absolute atomic E-state index is 0.0417. The van der Waals surface area contributed by atoms with Crippen LogP contribution in [0.25, 0.3) is 0 Å². The van der Waals surface area contributed by atoms with Crippen molar-refractivity contribution in [1.82, 2.24) is 15.1 Å². The number of piperazine rings is 1. The van der Waals surface area contributed by atoms with Gasteiger partial charge in [-0.05, 0) is 17.5 Å². The van der Waals surface area contributed by atoms with Crippen LogP contribution in [0.1, 0.15) is 28.4 Å². The van der Waals surface area contributed by atoms with Gasteiger partial charge in [-0.15, -0.1) is 0 Å². The van der Waals surface area contributed by atoms with E-state index in [-0.39, 0.29) is 11.8 Å². The lowest BCUT2D eigenvalue weighted by molar-refractivity contribution is 0.0878. The summed E-state index contributed by atoms with van der Waals surface area (Å²) in [4.78, 5) is 28.7. The van der Waals surface area contributed by atoms with Crippen LogP contribution in [0.4, 0.5) is 4.79 Å². The first-order valence-electron chi connectivity index (χ1n) is 9.57. The van der Waals surface area contributed by atoms with Crippen molar-refractivity contribution in [1.29, 1.82) is 0 Å². The zero-order valence-electron chi connectivity index (χ0n) is 15.9. The fraction of sp³-hybridized carbons (Fsp3) is 0.364. The summed E-state index contributed by atoms with van der Waals surface area (Å²) in [6.07, 6.45) is 0.975. The van der Waals surface area contributed by atoms with Crippen LogP contribution in [0.15, 0.2) is 54.6 Å². The van der Waals surface area contributed by atoms with E-state index in [1.54, 1.807) is 0 Å². The molecule has 2 aromatic carbocycles. The minimum atomic E-state index is -0.0417. The van der Waals surface area contributed by atoms with E-state index in [1.807, 2.05) is 59.5 Å². The third-order valence-electron chi connectivity index (χ3n) is 5.00. The predicted molar refractivity (Wildman–Crippen MR) is 107 cm³/mol. The molecule has 1 aliphatic rings. The zero-order valence-corrected chi connectivity index (χ0v) is 15.9. The lowest BCUT2D eigenvalue weighted by Crippen LogP contribution is -2.52. The van der Waals surface area contributed by atoms with Gasteiger partial charge in [-0.3, -0.25) is 9.69 Å². The van der Waals surface area contributed by atoms with Crippen molar-refractivity contribution in [3.8, 4) is 0 Å². The van der Waals surface area contributed by atoms with Gasteiger partial charge in [0, 0.05) is 38.3 Å². The number of urea groups is 1. The molecule has 0 spiro atoms. The van der Waals surface area contributed by atoms with Gasteiger partial charge < -0.3 is 10.2 Å². The fourth-order valence-electron chi connectivity index (χ4n) is 3.22. The number of ketones is 1. The number of carbonyl (C=O) groups is 2. The Hall–Kier alpha value is -2.66. The SMILES string of the molecule is CCc1ccc(C(=O)CN2CCN(C(=O)NCc3ccccc3)CC2)cc1. The molecule has 5 nitrogen and oxygen atoms in total. The van der Waals surface area contributed by atoms with Crippen molar-refractivity contribution in [2.45, 2.75) is 19.9 Å². The number of nitrogens with zero attached hydrogens (tertiary/aromatic N) is 2. The summed E-state index contributed by atoms with van der Waals surface area (Å²) in [5.41, 5.74) is 3.08. The molecule has 1 heterocycles. The van der Waals surface area contributed by atoms with E-state index in [1.165, 1.54) is 5.56 Å². The lowest BCUT2D eigenvalue weighted by atomic mass is 10.1. The highest BCUT2D eigenvalue weighted by molar-refractivity contribution is 5.97. The molecule has 0 bridgehead atoms. The van der Waals surface area contributed by atoms with Gasteiger partial charge in [-0.25, -0.2) is 4.79 Å². The molecule has 1 saturated heterocycles. The number of Topliss-reactive ketones (excluding diaryl/α,β-unsaturated/α-hetero) is 1. The number of rotatable bonds is 6. The van der Waals surface area contributed by atoms with E-state index in [0.717, 1.165) is 30.6 Å². The summed E-state index contributed by atoms with van der Waals surface area (Å²) in [5, 5.41) is 2.96. The van der Waals surface area contributed by atoms with Gasteiger partial charge in [0.05, 0.1) is 6.54 Å². The Labute approximate surface area is 161 Å². The molecule has 0 aliphatic carbocycles. The van der Waals surface area contributed by atoms with E-state index >= 15 is 0 Å². The molecule has 1 N–H and O–H groups in total. The summed E-state index contributed by atoms with van der Waals surface area (Å²) in [6, 6.07) is 17.7. The molecule has 1 aliphatic heterocycles. The molecule has 142 valence electrons. The van der Waals surface area contributed by atoms with Crippen molar-refractivity contribution in [2.24, 2.45) is 0 Å². The third-order valence-corrected chi connectivity index (χ3v) is 5.00. The molecule has 1 fully saturated rings. The van der Waals surface area contributed by atoms with Gasteiger partial charge >= 0.3 is 6.03 Å². The van der Waals surface area contributed by atoms with E-state index in [0.29, 0.717) is 26.2 Å². The molecular weight excluding hydrogens is 338 g/mol. The van der Waals surface area contributed by atoms with Crippen molar-refractivity contribution < 1.29 is 9.59 Å². The zero-order chi connectivity index (χ0) is 19.1. The van der Waals surface area contributed by atoms with Crippen LogP contribution in [-0.4, -0.2) is 54.3 Å². The predicted octanol–water partition coefficient (Wildman–Crippen LogP) is 2.96. The summed E-state index contributed by atoms with van der Waals surface area (Å²) in [5.74, 6) is 0.139. The molecule has 2 amide bonds. The summed E-state index contributed by atoms with van der Waals surface area (Å²) >= 11 is 0. The maximum atomic E-state index is 12.5. The van der Waals surface area contributed by atoms with E-state index in [2.05, 4.69) is 17.1 Å². The standard InChI is InChI=1S/C22H27N3O2/c1-2-18-8-10-20(11-9-18)21(26)17-24-12-14-25(15-13-24)22(27)23-16-19-6-4-3-5-7-19/h3-11H,2,12-17H2,1H3,(H,23,27). The van der Waals surface area contributed by atoms with Gasteiger partial charge in [-0.1, -0.05) is 61.5 Å². The number of benzene rings is 2. The normalized spacial score (nSPS) is 14.8. The first-order valence-corrected chi connectivity index (χ1v) is 9.57. The van der Waals surface area contributed by atoms with Crippen molar-refractivity contribution in [3.63, 3.8) is 0 Å². The first-order chi connectivity index (χ1) is 13.2. The topological polar surface area (TPSA) is 52.7 Å². The number of amides is 2. The number of carbonyl (C=O) groups excluding carboxylic acids is 2. The average molecular weight is 365 g/mol. The highest BCUT2D eigenvalue weighted by Gasteiger charge is 2.22. The Morgan fingerprint density at radius 3 is 2.19 bits per heavy atom. The van der Waals surface area contributed by atoms with E-state index < -0.39 is 0 Å². The van der Waals surface area contributed by atoms with Crippen LogP contribution in [0, 0.1) is 0 Å². The highest BCUT2D eigenvalue weighted by atomic mass is 16.2. The third kappa shape index (κ3) is 5.41. The van der Waals surface area contributed by atoms with Gasteiger partial charge in [0.25, 0.3) is 0 Å². The summed E-state index contributed by atoms with van der Waals surface area (Å²) in [7, 11) is 0. The van der Waals surface area contributed by atoms with Crippen molar-refractivity contribution >= 4 is 11.8 Å². The van der Waals surface area contributed by atoms with Crippen LogP contribution < -0.4 is 5.32 Å². The molecule has 0 radical (unpaired) electrons. The second kappa shape index (κ2) is 9.33. The Morgan fingerprint density at radius 2 is 1.56 bits per heavy atom. The quantitative estimate of drug-likeness (QED) is 0.801. The van der Waals surface area contributed by atoms with Gasteiger partial charge in [0.15, 0.2) is 5.78 Å². The first kappa shape index (κ1) is 19.1. The molecule has 0 saturated carbocycles.